The average Bonchev–Trinajstić information content (AvgIpc) is 0.824. The SMILES string of the molecule is CC[C@@H]1NC(=O)[C@@H]([C@H](O)[C@H](C)CCCCc2ccccn2)N(C)C(=O)[C@H](C(C)C)N(C)C(=O)[C@H](CC(C)C)N(C)C(=O)[C@H](CC(C)C)N(C)C(=O)[C@@H](C)NC(=O)[C@H](C)NC(=O)[C@H](CC(C)C)N(C)C(=O)[C@H](C(C)C)NC(=O)[C@H](CC(C)C)N(C)C(=O)[C@@H](C)N(C)C1=O. The zero-order valence-electron chi connectivity index (χ0n) is 60.2. The molecule has 2 heterocycles. The number of pyridine rings is 1. The van der Waals surface area contributed by atoms with Crippen LogP contribution in [0.5, 0.6) is 0 Å². The van der Waals surface area contributed by atoms with Gasteiger partial charge in [0.05, 0.1) is 6.10 Å². The number of nitrogens with one attached hydrogen (secondary N) is 4. The van der Waals surface area contributed by atoms with Gasteiger partial charge < -0.3 is 60.7 Å². The van der Waals surface area contributed by atoms with E-state index in [1.807, 2.05) is 73.6 Å². The first-order chi connectivity index (χ1) is 42.7. The summed E-state index contributed by atoms with van der Waals surface area (Å²) in [6.07, 6.45) is 3.24. The van der Waals surface area contributed by atoms with Gasteiger partial charge in [0.15, 0.2) is 0 Å². The van der Waals surface area contributed by atoms with Crippen LogP contribution < -0.4 is 21.3 Å². The molecular weight excluding hydrogens is 1180 g/mol. The number of aromatic nitrogens is 1. The topological polar surface area (TPSA) is 292 Å². The minimum Gasteiger partial charge on any atom is -0.390 e. The molecule has 2 rings (SSSR count). The van der Waals surface area contributed by atoms with Gasteiger partial charge in [-0.1, -0.05) is 109 Å². The Hall–Kier alpha value is -6.72. The Morgan fingerprint density at radius 2 is 0.891 bits per heavy atom. The highest BCUT2D eigenvalue weighted by molar-refractivity contribution is 6.00. The number of likely N-dealkylation sites (N-methyl/N-ethyl adjacent to an activating group) is 7. The Balaban J connectivity index is 2.99. The normalized spacial score (nSPS) is 26.4. The highest BCUT2D eigenvalue weighted by atomic mass is 16.3. The van der Waals surface area contributed by atoms with Crippen LogP contribution in [0.15, 0.2) is 24.4 Å². The van der Waals surface area contributed by atoms with E-state index in [0.717, 1.165) is 10.6 Å². The molecule has 0 saturated carbocycles. The number of rotatable bonds is 18. The number of amides is 11. The van der Waals surface area contributed by atoms with Gasteiger partial charge in [-0.15, -0.1) is 0 Å². The van der Waals surface area contributed by atoms with E-state index in [-0.39, 0.29) is 55.8 Å². The molecule has 24 nitrogen and oxygen atoms in total. The summed E-state index contributed by atoms with van der Waals surface area (Å²) < 4.78 is 0. The number of aryl methyl sites for hydroxylation is 1. The van der Waals surface area contributed by atoms with Gasteiger partial charge in [0.25, 0.3) is 0 Å². The molecule has 0 radical (unpaired) electrons. The highest BCUT2D eigenvalue weighted by Crippen LogP contribution is 2.27. The maximum Gasteiger partial charge on any atom is 0.246 e. The summed E-state index contributed by atoms with van der Waals surface area (Å²) in [7, 11) is 10.0. The quantitative estimate of drug-likeness (QED) is 0.127. The Morgan fingerprint density at radius 3 is 1.36 bits per heavy atom. The van der Waals surface area contributed by atoms with Crippen LogP contribution in [0.25, 0.3) is 0 Å². The Kier molecular flexibility index (Phi) is 32.9. The highest BCUT2D eigenvalue weighted by Gasteiger charge is 2.46. The maximum atomic E-state index is 15.4. The Morgan fingerprint density at radius 1 is 0.446 bits per heavy atom. The van der Waals surface area contributed by atoms with Crippen LogP contribution in [0.4, 0.5) is 0 Å². The van der Waals surface area contributed by atoms with Crippen molar-refractivity contribution < 1.29 is 57.8 Å². The molecule has 0 aliphatic carbocycles. The molecule has 11 amide bonds. The van der Waals surface area contributed by atoms with E-state index in [1.54, 1.807) is 47.7 Å². The molecular formula is C68H118N12O12. The van der Waals surface area contributed by atoms with E-state index in [1.165, 1.54) is 99.5 Å². The lowest BCUT2D eigenvalue weighted by Gasteiger charge is -2.41. The van der Waals surface area contributed by atoms with Crippen molar-refractivity contribution in [2.75, 3.05) is 49.3 Å². The number of hydrogen-bond donors (Lipinski definition) is 5. The predicted molar refractivity (Wildman–Crippen MR) is 355 cm³/mol. The molecule has 5 N–H and O–H groups in total. The first-order valence-electron chi connectivity index (χ1n) is 33.3. The summed E-state index contributed by atoms with van der Waals surface area (Å²) in [5.41, 5.74) is 0.895. The second-order valence-electron chi connectivity index (χ2n) is 28.2. The molecule has 24 heteroatoms. The molecule has 0 spiro atoms. The van der Waals surface area contributed by atoms with Crippen LogP contribution in [0.3, 0.4) is 0 Å². The zero-order chi connectivity index (χ0) is 70.7. The van der Waals surface area contributed by atoms with Gasteiger partial charge in [-0.2, -0.15) is 0 Å². The van der Waals surface area contributed by atoms with Gasteiger partial charge in [-0.3, -0.25) is 57.7 Å². The molecule has 0 aromatic carbocycles. The van der Waals surface area contributed by atoms with Crippen molar-refractivity contribution in [3.63, 3.8) is 0 Å². The van der Waals surface area contributed by atoms with E-state index in [2.05, 4.69) is 26.3 Å². The molecule has 13 atom stereocenters. The molecule has 522 valence electrons. The van der Waals surface area contributed by atoms with Crippen LogP contribution in [0.1, 0.15) is 175 Å². The monoisotopic (exact) mass is 1290 g/mol. The second kappa shape index (κ2) is 37.2. The number of aliphatic hydroxyl groups is 1. The fraction of sp³-hybridized carbons (Fsp3) is 0.765. The smallest absolute Gasteiger partial charge is 0.246 e. The van der Waals surface area contributed by atoms with Crippen molar-refractivity contribution in [2.45, 2.75) is 248 Å². The third-order valence-electron chi connectivity index (χ3n) is 17.9. The number of hydrogen-bond acceptors (Lipinski definition) is 13. The third kappa shape index (κ3) is 22.5. The molecule has 1 aliphatic heterocycles. The van der Waals surface area contributed by atoms with Crippen LogP contribution in [-0.2, 0) is 59.2 Å². The average molecular weight is 1300 g/mol. The van der Waals surface area contributed by atoms with Crippen molar-refractivity contribution in [2.24, 2.45) is 41.4 Å². The second-order valence-corrected chi connectivity index (χ2v) is 28.2. The van der Waals surface area contributed by atoms with Gasteiger partial charge in [0.2, 0.25) is 65.0 Å². The first-order valence-corrected chi connectivity index (χ1v) is 33.3. The van der Waals surface area contributed by atoms with Gasteiger partial charge in [0, 0.05) is 61.2 Å². The minimum atomic E-state index is -1.63. The summed E-state index contributed by atoms with van der Waals surface area (Å²) in [5.74, 6) is -9.76. The van der Waals surface area contributed by atoms with E-state index in [0.29, 0.717) is 25.7 Å². The standard InChI is InChI=1S/C68H118N12O12/c1-25-49-64(88)74(18)47(17)63(87)75(19)51(35-39(4)5)60(84)73-54(42(10)11)67(91)76(20)50(34-38(2)3)59(83)70-45(15)58(82)71-46(16)62(86)77(21)52(36-40(6)7)65(89)78(22)53(37-41(8)9)66(90)79(23)55(43(12)13)68(92)80(24)56(61(85)72-49)57(81)44(14)30-26-27-31-48-32-28-29-33-69-48/h28-29,32-33,38-47,49-57,81H,25-27,30-31,34-37H2,1-24H3,(H,70,83)(H,71,82)(H,72,85)(H,73,84)/t44-,45+,46-,47-,49+,50+,51+,52+,53+,54+,55+,56-,57-/m1/s1. The predicted octanol–water partition coefficient (Wildman–Crippen LogP) is 4.50. The van der Waals surface area contributed by atoms with Gasteiger partial charge in [-0.05, 0) is 126 Å². The molecule has 92 heavy (non-hydrogen) atoms. The van der Waals surface area contributed by atoms with E-state index >= 15 is 19.2 Å². The molecule has 1 fully saturated rings. The number of nitrogens with zero attached hydrogens (tertiary/aromatic N) is 8. The Labute approximate surface area is 550 Å². The number of carbonyl (C=O) groups is 11. The molecule has 0 bridgehead atoms. The summed E-state index contributed by atoms with van der Waals surface area (Å²) >= 11 is 0. The summed E-state index contributed by atoms with van der Waals surface area (Å²) in [5, 5.41) is 23.5. The fourth-order valence-electron chi connectivity index (χ4n) is 11.9. The number of carbonyl (C=O) groups excluding carboxylic acids is 11. The molecule has 1 saturated heterocycles. The summed E-state index contributed by atoms with van der Waals surface area (Å²) in [4.78, 5) is 175. The van der Waals surface area contributed by atoms with Gasteiger partial charge in [0.1, 0.15) is 66.5 Å². The van der Waals surface area contributed by atoms with E-state index in [9.17, 15) is 38.7 Å². The number of unbranched alkanes of at least 4 members (excludes halogenated alkanes) is 1. The maximum absolute atomic E-state index is 15.4. The Bertz CT molecular complexity index is 2640. The third-order valence-corrected chi connectivity index (χ3v) is 17.9. The minimum absolute atomic E-state index is 0.0106. The number of aliphatic hydroxyl groups excluding tert-OH is 1. The largest absolute Gasteiger partial charge is 0.390 e. The summed E-state index contributed by atoms with van der Waals surface area (Å²) in [6, 6.07) is -8.03. The van der Waals surface area contributed by atoms with Crippen molar-refractivity contribution in [3.05, 3.63) is 30.1 Å². The van der Waals surface area contributed by atoms with Crippen molar-refractivity contribution >= 4 is 65.0 Å². The van der Waals surface area contributed by atoms with Crippen molar-refractivity contribution in [3.8, 4) is 0 Å². The van der Waals surface area contributed by atoms with Gasteiger partial charge >= 0.3 is 0 Å². The fourth-order valence-corrected chi connectivity index (χ4v) is 11.9. The molecule has 1 aromatic rings. The first kappa shape index (κ1) is 81.4. The van der Waals surface area contributed by atoms with Crippen LogP contribution in [0, 0.1) is 41.4 Å². The van der Waals surface area contributed by atoms with Crippen LogP contribution >= 0.6 is 0 Å². The van der Waals surface area contributed by atoms with Crippen LogP contribution in [-0.4, -0.2) is 231 Å². The van der Waals surface area contributed by atoms with Crippen molar-refractivity contribution in [1.82, 2.24) is 60.6 Å². The lowest BCUT2D eigenvalue weighted by Crippen LogP contribution is -2.64. The van der Waals surface area contributed by atoms with E-state index < -0.39 is 155 Å². The lowest BCUT2D eigenvalue weighted by atomic mass is 9.90. The van der Waals surface area contributed by atoms with E-state index in [4.69, 9.17) is 0 Å². The lowest BCUT2D eigenvalue weighted by molar-refractivity contribution is -0.157. The van der Waals surface area contributed by atoms with Gasteiger partial charge in [-0.25, -0.2) is 0 Å². The molecule has 1 aromatic heterocycles. The van der Waals surface area contributed by atoms with Crippen LogP contribution in [0.2, 0.25) is 0 Å². The zero-order valence-corrected chi connectivity index (χ0v) is 60.2. The molecule has 1 aliphatic rings. The van der Waals surface area contributed by atoms with Crippen molar-refractivity contribution in [1.29, 1.82) is 0 Å². The molecule has 0 unspecified atom stereocenters. The summed E-state index contributed by atoms with van der Waals surface area (Å²) in [6.45, 7) is 29.7.